The Hall–Kier alpha value is -2.99. The fraction of sp³-hybridized carbons (Fsp3) is 0.393. The van der Waals surface area contributed by atoms with Crippen molar-refractivity contribution in [2.24, 2.45) is 0 Å². The number of nitrogens with one attached hydrogen (secondary N) is 1. The summed E-state index contributed by atoms with van der Waals surface area (Å²) in [5, 5.41) is 2.79. The quantitative estimate of drug-likeness (QED) is 0.355. The standard InChI is InChI=1S/C28H33N3O2S/c1-16(2)31-24-11-9-20(13-22(24)19(5)15-28(31,6)7)14-23-25(32)29-27(34)30(26(23)33)21-10-8-17(3)18(4)12-21/h8-14,16,19H,15H2,1-7H3,(H,29,32,34)/b23-14+/t19-/m1/s1. The Labute approximate surface area is 207 Å². The number of amides is 2. The van der Waals surface area contributed by atoms with Gasteiger partial charge in [0.25, 0.3) is 11.8 Å². The van der Waals surface area contributed by atoms with Gasteiger partial charge in [-0.25, -0.2) is 0 Å². The minimum atomic E-state index is -0.467. The van der Waals surface area contributed by atoms with Gasteiger partial charge < -0.3 is 4.90 Å². The molecule has 2 amide bonds. The first-order valence-electron chi connectivity index (χ1n) is 11.8. The van der Waals surface area contributed by atoms with E-state index in [9.17, 15) is 9.59 Å². The number of hydrogen-bond donors (Lipinski definition) is 1. The van der Waals surface area contributed by atoms with Gasteiger partial charge >= 0.3 is 0 Å². The van der Waals surface area contributed by atoms with Crippen LogP contribution in [-0.2, 0) is 9.59 Å². The predicted octanol–water partition coefficient (Wildman–Crippen LogP) is 5.64. The lowest BCUT2D eigenvalue weighted by Crippen LogP contribution is -2.54. The lowest BCUT2D eigenvalue weighted by Gasteiger charge is -2.50. The number of thiocarbonyl (C=S) groups is 1. The zero-order chi connectivity index (χ0) is 24.9. The van der Waals surface area contributed by atoms with Crippen LogP contribution in [0.4, 0.5) is 11.4 Å². The molecule has 1 N–H and O–H groups in total. The average molecular weight is 476 g/mol. The molecule has 178 valence electrons. The number of benzene rings is 2. The third-order valence-electron chi connectivity index (χ3n) is 6.98. The van der Waals surface area contributed by atoms with E-state index < -0.39 is 11.8 Å². The SMILES string of the molecule is Cc1ccc(N2C(=O)/C(=C/c3ccc4c(c3)[C@H](C)CC(C)(C)N4C(C)C)C(=O)NC2=S)cc1C. The van der Waals surface area contributed by atoms with Gasteiger partial charge in [-0.2, -0.15) is 0 Å². The summed E-state index contributed by atoms with van der Waals surface area (Å²) < 4.78 is 0. The molecule has 2 aliphatic heterocycles. The summed E-state index contributed by atoms with van der Waals surface area (Å²) in [4.78, 5) is 30.1. The third-order valence-corrected chi connectivity index (χ3v) is 7.26. The van der Waals surface area contributed by atoms with Crippen LogP contribution >= 0.6 is 12.2 Å². The second kappa shape index (κ2) is 8.66. The van der Waals surface area contributed by atoms with Crippen molar-refractivity contribution in [3.05, 3.63) is 64.2 Å². The maximum absolute atomic E-state index is 13.4. The monoisotopic (exact) mass is 475 g/mol. The van der Waals surface area contributed by atoms with Crippen molar-refractivity contribution < 1.29 is 9.59 Å². The van der Waals surface area contributed by atoms with Gasteiger partial charge in [0.1, 0.15) is 5.57 Å². The number of fused-ring (bicyclic) bond motifs is 1. The van der Waals surface area contributed by atoms with Gasteiger partial charge in [-0.3, -0.25) is 19.8 Å². The molecular formula is C28H33N3O2S. The normalized spacial score (nSPS) is 21.2. The lowest BCUT2D eigenvalue weighted by molar-refractivity contribution is -0.122. The summed E-state index contributed by atoms with van der Waals surface area (Å²) in [6.45, 7) is 15.3. The Balaban J connectivity index is 1.74. The predicted molar refractivity (Wildman–Crippen MR) is 143 cm³/mol. The van der Waals surface area contributed by atoms with Crippen molar-refractivity contribution in [2.45, 2.75) is 72.4 Å². The van der Waals surface area contributed by atoms with E-state index in [1.54, 1.807) is 6.08 Å². The van der Waals surface area contributed by atoms with E-state index in [1.807, 2.05) is 38.1 Å². The second-order valence-electron chi connectivity index (χ2n) is 10.4. The summed E-state index contributed by atoms with van der Waals surface area (Å²) in [5.74, 6) is -0.507. The van der Waals surface area contributed by atoms with Crippen LogP contribution in [0, 0.1) is 13.8 Å². The maximum Gasteiger partial charge on any atom is 0.270 e. The highest BCUT2D eigenvalue weighted by Crippen LogP contribution is 2.44. The molecule has 0 bridgehead atoms. The molecule has 2 aromatic rings. The number of nitrogens with zero attached hydrogens (tertiary/aromatic N) is 2. The van der Waals surface area contributed by atoms with E-state index in [2.05, 4.69) is 57.0 Å². The highest BCUT2D eigenvalue weighted by molar-refractivity contribution is 7.80. The molecule has 0 saturated carbocycles. The van der Waals surface area contributed by atoms with E-state index in [0.29, 0.717) is 17.6 Å². The summed E-state index contributed by atoms with van der Waals surface area (Å²) in [6.07, 6.45) is 2.71. The number of anilines is 2. The number of rotatable bonds is 3. The Morgan fingerprint density at radius 1 is 1.09 bits per heavy atom. The Kier molecular flexibility index (Phi) is 6.15. The largest absolute Gasteiger partial charge is 0.364 e. The smallest absolute Gasteiger partial charge is 0.270 e. The lowest BCUT2D eigenvalue weighted by atomic mass is 9.78. The van der Waals surface area contributed by atoms with Gasteiger partial charge in [0.2, 0.25) is 0 Å². The van der Waals surface area contributed by atoms with Crippen LogP contribution in [0.1, 0.15) is 69.2 Å². The van der Waals surface area contributed by atoms with Gasteiger partial charge in [-0.05, 0) is 119 Å². The molecule has 5 nitrogen and oxygen atoms in total. The van der Waals surface area contributed by atoms with Crippen LogP contribution in [-0.4, -0.2) is 28.5 Å². The summed E-state index contributed by atoms with van der Waals surface area (Å²) >= 11 is 5.35. The number of hydrogen-bond acceptors (Lipinski definition) is 4. The molecule has 0 spiro atoms. The van der Waals surface area contributed by atoms with Crippen molar-refractivity contribution in [2.75, 3.05) is 9.80 Å². The van der Waals surface area contributed by atoms with E-state index in [1.165, 1.54) is 16.2 Å². The van der Waals surface area contributed by atoms with Crippen molar-refractivity contribution >= 4 is 46.6 Å². The van der Waals surface area contributed by atoms with Crippen molar-refractivity contribution in [3.8, 4) is 0 Å². The maximum atomic E-state index is 13.4. The van der Waals surface area contributed by atoms with Crippen LogP contribution in [0.2, 0.25) is 0 Å². The van der Waals surface area contributed by atoms with Gasteiger partial charge in [0, 0.05) is 17.3 Å². The molecule has 0 aliphatic carbocycles. The fourth-order valence-corrected chi connectivity index (χ4v) is 5.74. The molecule has 4 rings (SSSR count). The summed E-state index contributed by atoms with van der Waals surface area (Å²) in [6, 6.07) is 12.3. The zero-order valence-corrected chi connectivity index (χ0v) is 21.8. The summed E-state index contributed by atoms with van der Waals surface area (Å²) in [7, 11) is 0. The topological polar surface area (TPSA) is 52.7 Å². The van der Waals surface area contributed by atoms with Gasteiger partial charge in [-0.15, -0.1) is 0 Å². The molecule has 2 heterocycles. The van der Waals surface area contributed by atoms with E-state index >= 15 is 0 Å². The second-order valence-corrected chi connectivity index (χ2v) is 10.8. The molecule has 0 unspecified atom stereocenters. The molecule has 1 fully saturated rings. The van der Waals surface area contributed by atoms with Crippen molar-refractivity contribution in [1.82, 2.24) is 5.32 Å². The Morgan fingerprint density at radius 2 is 1.79 bits per heavy atom. The average Bonchev–Trinajstić information content (AvgIpc) is 2.73. The highest BCUT2D eigenvalue weighted by Gasteiger charge is 2.38. The molecule has 2 aliphatic rings. The van der Waals surface area contributed by atoms with Crippen molar-refractivity contribution in [1.29, 1.82) is 0 Å². The molecule has 0 radical (unpaired) electrons. The molecule has 6 heteroatoms. The first kappa shape index (κ1) is 24.1. The van der Waals surface area contributed by atoms with Crippen LogP contribution in [0.3, 0.4) is 0 Å². The summed E-state index contributed by atoms with van der Waals surface area (Å²) in [5.41, 5.74) is 6.26. The number of carbonyl (C=O) groups excluding carboxylic acids is 2. The molecular weight excluding hydrogens is 442 g/mol. The molecule has 0 aromatic heterocycles. The minimum Gasteiger partial charge on any atom is -0.364 e. The first-order chi connectivity index (χ1) is 15.9. The first-order valence-corrected chi connectivity index (χ1v) is 12.2. The number of carbonyl (C=O) groups is 2. The fourth-order valence-electron chi connectivity index (χ4n) is 5.46. The Morgan fingerprint density at radius 3 is 2.44 bits per heavy atom. The van der Waals surface area contributed by atoms with Crippen LogP contribution in [0.5, 0.6) is 0 Å². The molecule has 34 heavy (non-hydrogen) atoms. The van der Waals surface area contributed by atoms with Crippen molar-refractivity contribution in [3.63, 3.8) is 0 Å². The van der Waals surface area contributed by atoms with Gasteiger partial charge in [0.15, 0.2) is 5.11 Å². The number of aryl methyl sites for hydroxylation is 2. The molecule has 1 saturated heterocycles. The van der Waals surface area contributed by atoms with E-state index in [-0.39, 0.29) is 16.2 Å². The minimum absolute atomic E-state index is 0.0577. The van der Waals surface area contributed by atoms with E-state index in [0.717, 1.165) is 23.1 Å². The molecule has 2 aromatic carbocycles. The third kappa shape index (κ3) is 4.16. The van der Waals surface area contributed by atoms with Crippen LogP contribution in [0.15, 0.2) is 42.0 Å². The Bertz CT molecular complexity index is 1230. The van der Waals surface area contributed by atoms with Crippen LogP contribution < -0.4 is 15.1 Å². The highest BCUT2D eigenvalue weighted by atomic mass is 32.1. The molecule has 1 atom stereocenters. The van der Waals surface area contributed by atoms with Gasteiger partial charge in [-0.1, -0.05) is 19.1 Å². The van der Waals surface area contributed by atoms with E-state index in [4.69, 9.17) is 12.2 Å². The zero-order valence-electron chi connectivity index (χ0n) is 21.0. The van der Waals surface area contributed by atoms with Crippen LogP contribution in [0.25, 0.3) is 6.08 Å². The van der Waals surface area contributed by atoms with Gasteiger partial charge in [0.05, 0.1) is 5.69 Å².